The average Bonchev–Trinajstić information content (AvgIpc) is 3.03. The smallest absolute Gasteiger partial charge is 0.232 e. The summed E-state index contributed by atoms with van der Waals surface area (Å²) in [6, 6.07) is 10.00. The van der Waals surface area contributed by atoms with E-state index in [1.807, 2.05) is 31.2 Å². The minimum atomic E-state index is 0.304. The highest BCUT2D eigenvalue weighted by atomic mass is 16.5. The molecule has 1 aromatic heterocycles. The molecule has 126 valence electrons. The Morgan fingerprint density at radius 2 is 2.17 bits per heavy atom. The van der Waals surface area contributed by atoms with Crippen LogP contribution in [-0.4, -0.2) is 49.3 Å². The van der Waals surface area contributed by atoms with Crippen molar-refractivity contribution in [1.82, 2.24) is 9.88 Å². The molecular formula is C18H22N4O2. The van der Waals surface area contributed by atoms with E-state index in [1.165, 1.54) is 0 Å². The summed E-state index contributed by atoms with van der Waals surface area (Å²) in [7, 11) is 0. The molecule has 3 rings (SSSR count). The molecule has 6 heteroatoms. The maximum atomic E-state index is 9.26. The number of rotatable bonds is 6. The van der Waals surface area contributed by atoms with Gasteiger partial charge in [0.15, 0.2) is 0 Å². The molecule has 0 amide bonds. The van der Waals surface area contributed by atoms with Gasteiger partial charge in [-0.25, -0.2) is 0 Å². The Bertz CT molecular complexity index is 714. The molecule has 1 aliphatic heterocycles. The van der Waals surface area contributed by atoms with Gasteiger partial charge in [0.2, 0.25) is 17.5 Å². The van der Waals surface area contributed by atoms with Crippen molar-refractivity contribution in [3.05, 3.63) is 35.5 Å². The number of nitriles is 1. The Labute approximate surface area is 142 Å². The van der Waals surface area contributed by atoms with Crippen LogP contribution in [0.25, 0.3) is 11.5 Å². The molecule has 0 aliphatic carbocycles. The zero-order chi connectivity index (χ0) is 16.8. The normalized spacial score (nSPS) is 15.2. The van der Waals surface area contributed by atoms with E-state index in [0.29, 0.717) is 17.5 Å². The Hall–Kier alpha value is -2.36. The standard InChI is InChI=1S/C18H22N4O2/c1-14-4-2-5-15(12-14)17-21-16(13-19)18(24-17)20-6-3-7-22-8-10-23-11-9-22/h2,4-5,12,20H,3,6-11H2,1H3. The van der Waals surface area contributed by atoms with Crippen molar-refractivity contribution < 1.29 is 9.15 Å². The molecule has 1 aliphatic rings. The predicted molar refractivity (Wildman–Crippen MR) is 91.8 cm³/mol. The van der Waals surface area contributed by atoms with Crippen molar-refractivity contribution in [2.75, 3.05) is 44.7 Å². The fraction of sp³-hybridized carbons (Fsp3) is 0.444. The third kappa shape index (κ3) is 4.13. The number of aryl methyl sites for hydroxylation is 1. The second kappa shape index (κ2) is 7.95. The van der Waals surface area contributed by atoms with Gasteiger partial charge in [0.05, 0.1) is 13.2 Å². The van der Waals surface area contributed by atoms with Crippen molar-refractivity contribution in [3.8, 4) is 17.5 Å². The largest absolute Gasteiger partial charge is 0.419 e. The number of hydrogen-bond acceptors (Lipinski definition) is 6. The van der Waals surface area contributed by atoms with E-state index in [-0.39, 0.29) is 0 Å². The van der Waals surface area contributed by atoms with E-state index < -0.39 is 0 Å². The highest BCUT2D eigenvalue weighted by molar-refractivity contribution is 5.59. The Morgan fingerprint density at radius 3 is 2.92 bits per heavy atom. The molecule has 0 unspecified atom stereocenters. The molecule has 1 aromatic carbocycles. The van der Waals surface area contributed by atoms with Gasteiger partial charge in [-0.2, -0.15) is 10.2 Å². The molecular weight excluding hydrogens is 304 g/mol. The lowest BCUT2D eigenvalue weighted by molar-refractivity contribution is 0.0378. The monoisotopic (exact) mass is 326 g/mol. The van der Waals surface area contributed by atoms with E-state index in [1.54, 1.807) is 0 Å². The van der Waals surface area contributed by atoms with Crippen LogP contribution in [0, 0.1) is 18.3 Å². The van der Waals surface area contributed by atoms with Gasteiger partial charge in [0, 0.05) is 25.2 Å². The molecule has 0 spiro atoms. The highest BCUT2D eigenvalue weighted by Crippen LogP contribution is 2.25. The SMILES string of the molecule is Cc1cccc(-c2nc(C#N)c(NCCCN3CCOCC3)o2)c1. The van der Waals surface area contributed by atoms with Gasteiger partial charge >= 0.3 is 0 Å². The number of anilines is 1. The minimum absolute atomic E-state index is 0.304. The van der Waals surface area contributed by atoms with Crippen molar-refractivity contribution in [2.45, 2.75) is 13.3 Å². The van der Waals surface area contributed by atoms with Crippen LogP contribution in [0.15, 0.2) is 28.7 Å². The molecule has 2 aromatic rings. The number of aromatic nitrogens is 1. The molecule has 24 heavy (non-hydrogen) atoms. The van der Waals surface area contributed by atoms with Gasteiger partial charge in [-0.1, -0.05) is 17.7 Å². The Balaban J connectivity index is 1.58. The van der Waals surface area contributed by atoms with Crippen molar-refractivity contribution >= 4 is 5.88 Å². The Kier molecular flexibility index (Phi) is 5.47. The maximum absolute atomic E-state index is 9.26. The van der Waals surface area contributed by atoms with E-state index in [0.717, 1.165) is 56.9 Å². The lowest BCUT2D eigenvalue weighted by Crippen LogP contribution is -2.37. The summed E-state index contributed by atoms with van der Waals surface area (Å²) in [4.78, 5) is 6.68. The predicted octanol–water partition coefficient (Wildman–Crippen LogP) is 2.66. The first-order valence-corrected chi connectivity index (χ1v) is 8.28. The highest BCUT2D eigenvalue weighted by Gasteiger charge is 2.15. The van der Waals surface area contributed by atoms with Crippen LogP contribution in [0.5, 0.6) is 0 Å². The van der Waals surface area contributed by atoms with Crippen molar-refractivity contribution in [2.24, 2.45) is 0 Å². The topological polar surface area (TPSA) is 74.3 Å². The average molecular weight is 326 g/mol. The number of nitrogens with zero attached hydrogens (tertiary/aromatic N) is 3. The quantitative estimate of drug-likeness (QED) is 0.823. The van der Waals surface area contributed by atoms with Gasteiger partial charge in [-0.3, -0.25) is 4.90 Å². The fourth-order valence-electron chi connectivity index (χ4n) is 2.75. The van der Waals surface area contributed by atoms with Crippen LogP contribution in [-0.2, 0) is 4.74 Å². The summed E-state index contributed by atoms with van der Waals surface area (Å²) in [6.07, 6.45) is 0.978. The third-order valence-corrected chi connectivity index (χ3v) is 4.04. The molecule has 0 atom stereocenters. The second-order valence-electron chi connectivity index (χ2n) is 5.91. The lowest BCUT2D eigenvalue weighted by Gasteiger charge is -2.26. The molecule has 2 heterocycles. The number of oxazole rings is 1. The van der Waals surface area contributed by atoms with E-state index >= 15 is 0 Å². The second-order valence-corrected chi connectivity index (χ2v) is 5.91. The molecule has 1 fully saturated rings. The molecule has 1 N–H and O–H groups in total. The van der Waals surface area contributed by atoms with Crippen LogP contribution in [0.4, 0.5) is 5.88 Å². The van der Waals surface area contributed by atoms with Gasteiger partial charge in [-0.15, -0.1) is 0 Å². The van der Waals surface area contributed by atoms with Gasteiger partial charge < -0.3 is 14.5 Å². The summed E-state index contributed by atoms with van der Waals surface area (Å²) < 4.78 is 11.1. The lowest BCUT2D eigenvalue weighted by atomic mass is 10.1. The summed E-state index contributed by atoms with van der Waals surface area (Å²) in [5.41, 5.74) is 2.31. The summed E-state index contributed by atoms with van der Waals surface area (Å²) in [5, 5.41) is 12.5. The number of morpholine rings is 1. The van der Waals surface area contributed by atoms with E-state index in [2.05, 4.69) is 21.3 Å². The molecule has 0 radical (unpaired) electrons. The number of benzene rings is 1. The van der Waals surface area contributed by atoms with Crippen LogP contribution in [0.1, 0.15) is 17.7 Å². The molecule has 0 saturated carbocycles. The number of hydrogen-bond donors (Lipinski definition) is 1. The molecule has 1 saturated heterocycles. The number of nitrogens with one attached hydrogen (secondary N) is 1. The number of ether oxygens (including phenoxy) is 1. The van der Waals surface area contributed by atoms with Gasteiger partial charge in [0.1, 0.15) is 6.07 Å². The third-order valence-electron chi connectivity index (χ3n) is 4.04. The minimum Gasteiger partial charge on any atom is -0.419 e. The van der Waals surface area contributed by atoms with E-state index in [9.17, 15) is 5.26 Å². The van der Waals surface area contributed by atoms with E-state index in [4.69, 9.17) is 9.15 Å². The molecule has 0 bridgehead atoms. The maximum Gasteiger partial charge on any atom is 0.232 e. The first-order valence-electron chi connectivity index (χ1n) is 8.28. The zero-order valence-corrected chi connectivity index (χ0v) is 13.9. The Morgan fingerprint density at radius 1 is 1.33 bits per heavy atom. The van der Waals surface area contributed by atoms with Crippen molar-refractivity contribution in [3.63, 3.8) is 0 Å². The summed E-state index contributed by atoms with van der Waals surface area (Å²) in [6.45, 7) is 7.38. The first-order chi connectivity index (χ1) is 11.8. The van der Waals surface area contributed by atoms with Crippen LogP contribution in [0.2, 0.25) is 0 Å². The van der Waals surface area contributed by atoms with Crippen molar-refractivity contribution in [1.29, 1.82) is 5.26 Å². The fourth-order valence-corrected chi connectivity index (χ4v) is 2.75. The zero-order valence-electron chi connectivity index (χ0n) is 13.9. The first kappa shape index (κ1) is 16.5. The summed E-state index contributed by atoms with van der Waals surface area (Å²) >= 11 is 0. The van der Waals surface area contributed by atoms with Crippen LogP contribution >= 0.6 is 0 Å². The summed E-state index contributed by atoms with van der Waals surface area (Å²) in [5.74, 6) is 0.932. The van der Waals surface area contributed by atoms with Crippen LogP contribution < -0.4 is 5.32 Å². The van der Waals surface area contributed by atoms with Crippen LogP contribution in [0.3, 0.4) is 0 Å². The molecule has 6 nitrogen and oxygen atoms in total. The van der Waals surface area contributed by atoms with Gasteiger partial charge in [0.25, 0.3) is 0 Å². The van der Waals surface area contributed by atoms with Gasteiger partial charge in [-0.05, 0) is 32.0 Å².